The van der Waals surface area contributed by atoms with Crippen LogP contribution in [0, 0.1) is 5.92 Å². The van der Waals surface area contributed by atoms with Gasteiger partial charge in [-0.05, 0) is 19.9 Å². The summed E-state index contributed by atoms with van der Waals surface area (Å²) in [5.41, 5.74) is 0. The van der Waals surface area contributed by atoms with E-state index >= 15 is 0 Å². The number of aliphatic hydroxyl groups is 1. The smallest absolute Gasteiger partial charge is 0.310 e. The van der Waals surface area contributed by atoms with Crippen molar-refractivity contribution in [2.45, 2.75) is 25.5 Å². The number of carboxylic acids is 1. The van der Waals surface area contributed by atoms with Crippen LogP contribution in [0.25, 0.3) is 0 Å². The van der Waals surface area contributed by atoms with Gasteiger partial charge in [-0.1, -0.05) is 0 Å². The van der Waals surface area contributed by atoms with E-state index in [1.165, 1.54) is 0 Å². The lowest BCUT2D eigenvalue weighted by Crippen LogP contribution is -2.50. The maximum Gasteiger partial charge on any atom is 0.310 e. The molecule has 0 amide bonds. The van der Waals surface area contributed by atoms with Gasteiger partial charge in [-0.25, -0.2) is 0 Å². The lowest BCUT2D eigenvalue weighted by atomic mass is 9.89. The van der Waals surface area contributed by atoms with Gasteiger partial charge in [-0.2, -0.15) is 0 Å². The first-order valence-corrected chi connectivity index (χ1v) is 3.77. The van der Waals surface area contributed by atoms with Gasteiger partial charge in [0.2, 0.25) is 0 Å². The molecule has 1 heterocycles. The van der Waals surface area contributed by atoms with E-state index in [1.54, 1.807) is 6.92 Å². The van der Waals surface area contributed by atoms with E-state index in [9.17, 15) is 9.90 Å². The first kappa shape index (κ1) is 8.49. The fourth-order valence-corrected chi connectivity index (χ4v) is 1.48. The van der Waals surface area contributed by atoms with E-state index in [2.05, 4.69) is 5.32 Å². The Balaban J connectivity index is 2.62. The van der Waals surface area contributed by atoms with Gasteiger partial charge in [0.15, 0.2) is 0 Å². The molecular formula is C7H13NO3. The molecule has 0 bridgehead atoms. The number of piperidine rings is 1. The van der Waals surface area contributed by atoms with Gasteiger partial charge < -0.3 is 15.5 Å². The van der Waals surface area contributed by atoms with E-state index in [0.717, 1.165) is 0 Å². The average Bonchev–Trinajstić information content (AvgIpc) is 1.85. The monoisotopic (exact) mass is 159 g/mol. The summed E-state index contributed by atoms with van der Waals surface area (Å²) in [6.07, 6.45) is -0.162. The predicted molar refractivity (Wildman–Crippen MR) is 39.2 cm³/mol. The Morgan fingerprint density at radius 2 is 2.27 bits per heavy atom. The van der Waals surface area contributed by atoms with Crippen molar-refractivity contribution in [1.29, 1.82) is 0 Å². The van der Waals surface area contributed by atoms with Crippen LogP contribution in [0.5, 0.6) is 0 Å². The molecule has 3 N–H and O–H groups in total. The summed E-state index contributed by atoms with van der Waals surface area (Å²) in [4.78, 5) is 10.6. The minimum atomic E-state index is -0.919. The largest absolute Gasteiger partial charge is 0.481 e. The SMILES string of the molecule is CC1NCCC(O)C1C(=O)O. The molecule has 0 aliphatic carbocycles. The highest BCUT2D eigenvalue weighted by Crippen LogP contribution is 2.16. The maximum absolute atomic E-state index is 10.6. The molecule has 0 spiro atoms. The molecule has 0 saturated carbocycles. The van der Waals surface area contributed by atoms with E-state index in [0.29, 0.717) is 13.0 Å². The number of hydrogen-bond acceptors (Lipinski definition) is 3. The van der Waals surface area contributed by atoms with Crippen molar-refractivity contribution < 1.29 is 15.0 Å². The van der Waals surface area contributed by atoms with Crippen molar-refractivity contribution in [2.24, 2.45) is 5.92 Å². The number of carboxylic acid groups (broad SMARTS) is 1. The highest BCUT2D eigenvalue weighted by Gasteiger charge is 2.34. The van der Waals surface area contributed by atoms with Crippen molar-refractivity contribution in [1.82, 2.24) is 5.32 Å². The second-order valence-corrected chi connectivity index (χ2v) is 2.96. The summed E-state index contributed by atoms with van der Waals surface area (Å²) in [5.74, 6) is -1.57. The minimum Gasteiger partial charge on any atom is -0.481 e. The fourth-order valence-electron chi connectivity index (χ4n) is 1.48. The molecule has 0 aromatic heterocycles. The third-order valence-corrected chi connectivity index (χ3v) is 2.14. The number of rotatable bonds is 1. The molecule has 1 fully saturated rings. The molecule has 0 radical (unpaired) electrons. The highest BCUT2D eigenvalue weighted by atomic mass is 16.4. The highest BCUT2D eigenvalue weighted by molar-refractivity contribution is 5.71. The first-order valence-electron chi connectivity index (χ1n) is 3.77. The summed E-state index contributed by atoms with van der Waals surface area (Å²) in [7, 11) is 0. The molecule has 4 heteroatoms. The second kappa shape index (κ2) is 3.19. The van der Waals surface area contributed by atoms with Gasteiger partial charge in [0.05, 0.1) is 12.0 Å². The molecule has 1 aliphatic heterocycles. The molecule has 11 heavy (non-hydrogen) atoms. The minimum absolute atomic E-state index is 0.128. The maximum atomic E-state index is 10.6. The fraction of sp³-hybridized carbons (Fsp3) is 0.857. The zero-order valence-corrected chi connectivity index (χ0v) is 6.45. The zero-order valence-electron chi connectivity index (χ0n) is 6.45. The van der Waals surface area contributed by atoms with Gasteiger partial charge in [0, 0.05) is 6.04 Å². The first-order chi connectivity index (χ1) is 5.13. The van der Waals surface area contributed by atoms with E-state index in [1.807, 2.05) is 0 Å². The summed E-state index contributed by atoms with van der Waals surface area (Å²) in [5, 5.41) is 21.0. The van der Waals surface area contributed by atoms with Crippen molar-refractivity contribution in [3.8, 4) is 0 Å². The molecule has 3 unspecified atom stereocenters. The Hall–Kier alpha value is -0.610. The Kier molecular flexibility index (Phi) is 2.46. The summed E-state index contributed by atoms with van der Waals surface area (Å²) in [6, 6.07) is -0.128. The van der Waals surface area contributed by atoms with Crippen LogP contribution in [0.2, 0.25) is 0 Å². The molecule has 1 rings (SSSR count). The molecule has 0 aromatic carbocycles. The number of nitrogens with one attached hydrogen (secondary N) is 1. The Labute approximate surface area is 65.2 Å². The van der Waals surface area contributed by atoms with Gasteiger partial charge in [0.25, 0.3) is 0 Å². The van der Waals surface area contributed by atoms with Crippen LogP contribution in [0.1, 0.15) is 13.3 Å². The van der Waals surface area contributed by atoms with Crippen LogP contribution in [0.4, 0.5) is 0 Å². The predicted octanol–water partition coefficient (Wildman–Crippen LogP) is -0.570. The zero-order chi connectivity index (χ0) is 8.43. The second-order valence-electron chi connectivity index (χ2n) is 2.96. The van der Waals surface area contributed by atoms with Gasteiger partial charge in [-0.3, -0.25) is 4.79 Å². The molecule has 4 nitrogen and oxygen atoms in total. The molecule has 3 atom stereocenters. The average molecular weight is 159 g/mol. The normalized spacial score (nSPS) is 38.5. The standard InChI is InChI=1S/C7H13NO3/c1-4-6(7(10)11)5(9)2-3-8-4/h4-6,8-9H,2-3H2,1H3,(H,10,11). The van der Waals surface area contributed by atoms with Crippen LogP contribution < -0.4 is 5.32 Å². The topological polar surface area (TPSA) is 69.6 Å². The van der Waals surface area contributed by atoms with Crippen LogP contribution in [-0.4, -0.2) is 34.9 Å². The Bertz CT molecular complexity index is 150. The van der Waals surface area contributed by atoms with Crippen molar-refractivity contribution in [2.75, 3.05) is 6.54 Å². The number of aliphatic hydroxyl groups excluding tert-OH is 1. The summed E-state index contributed by atoms with van der Waals surface area (Å²) >= 11 is 0. The van der Waals surface area contributed by atoms with Crippen LogP contribution >= 0.6 is 0 Å². The molecule has 64 valence electrons. The lowest BCUT2D eigenvalue weighted by Gasteiger charge is -2.31. The third kappa shape index (κ3) is 1.70. The van der Waals surface area contributed by atoms with Gasteiger partial charge >= 0.3 is 5.97 Å². The van der Waals surface area contributed by atoms with Crippen molar-refractivity contribution in [3.05, 3.63) is 0 Å². The molecular weight excluding hydrogens is 146 g/mol. The Morgan fingerprint density at radius 3 is 2.64 bits per heavy atom. The molecule has 0 aromatic rings. The number of aliphatic carboxylic acids is 1. The van der Waals surface area contributed by atoms with E-state index in [-0.39, 0.29) is 6.04 Å². The quantitative estimate of drug-likeness (QED) is 0.479. The molecule has 1 aliphatic rings. The lowest BCUT2D eigenvalue weighted by molar-refractivity contribution is -0.148. The van der Waals surface area contributed by atoms with E-state index < -0.39 is 18.0 Å². The van der Waals surface area contributed by atoms with E-state index in [4.69, 9.17) is 5.11 Å². The number of carbonyl (C=O) groups is 1. The summed E-state index contributed by atoms with van der Waals surface area (Å²) in [6.45, 7) is 2.48. The van der Waals surface area contributed by atoms with Gasteiger partial charge in [0.1, 0.15) is 0 Å². The van der Waals surface area contributed by atoms with Crippen molar-refractivity contribution >= 4 is 5.97 Å². The number of hydrogen-bond donors (Lipinski definition) is 3. The van der Waals surface area contributed by atoms with Crippen LogP contribution in [0.3, 0.4) is 0 Å². The Morgan fingerprint density at radius 1 is 1.64 bits per heavy atom. The van der Waals surface area contributed by atoms with Crippen LogP contribution in [0.15, 0.2) is 0 Å². The third-order valence-electron chi connectivity index (χ3n) is 2.14. The molecule has 1 saturated heterocycles. The van der Waals surface area contributed by atoms with Gasteiger partial charge in [-0.15, -0.1) is 0 Å². The van der Waals surface area contributed by atoms with Crippen molar-refractivity contribution in [3.63, 3.8) is 0 Å². The van der Waals surface area contributed by atoms with Crippen LogP contribution in [-0.2, 0) is 4.79 Å². The summed E-state index contributed by atoms with van der Waals surface area (Å²) < 4.78 is 0.